The number of aliphatic hydroxyl groups excluding tert-OH is 1. The van der Waals surface area contributed by atoms with Crippen LogP contribution in [0.2, 0.25) is 0 Å². The molecule has 2 aromatic rings. The van der Waals surface area contributed by atoms with Crippen LogP contribution in [0.4, 0.5) is 4.39 Å². The van der Waals surface area contributed by atoms with E-state index in [1.54, 1.807) is 6.07 Å². The van der Waals surface area contributed by atoms with E-state index in [0.29, 0.717) is 10.0 Å². The van der Waals surface area contributed by atoms with E-state index >= 15 is 0 Å². The number of hydrogen-bond donors (Lipinski definition) is 1. The van der Waals surface area contributed by atoms with E-state index in [-0.39, 0.29) is 5.82 Å². The minimum Gasteiger partial charge on any atom is -0.383 e. The lowest BCUT2D eigenvalue weighted by atomic mass is 10.1. The van der Waals surface area contributed by atoms with Gasteiger partial charge in [-0.05, 0) is 45.6 Å². The third-order valence-corrected chi connectivity index (χ3v) is 4.79. The molecule has 0 amide bonds. The van der Waals surface area contributed by atoms with Gasteiger partial charge in [0, 0.05) is 14.5 Å². The number of halogens is 3. The molecule has 1 nitrogen and oxygen atoms in total. The van der Waals surface area contributed by atoms with Gasteiger partial charge in [-0.15, -0.1) is 11.3 Å². The summed E-state index contributed by atoms with van der Waals surface area (Å²) in [6, 6.07) is 6.14. The summed E-state index contributed by atoms with van der Waals surface area (Å²) < 4.78 is 14.6. The maximum Gasteiger partial charge on any atom is 0.123 e. The Balaban J connectivity index is 2.45. The fraction of sp³-hybridized carbons (Fsp3) is 0.0909. The van der Waals surface area contributed by atoms with Crippen molar-refractivity contribution in [1.29, 1.82) is 0 Å². The summed E-state index contributed by atoms with van der Waals surface area (Å²) in [5.41, 5.74) is 0.531. The van der Waals surface area contributed by atoms with E-state index in [1.807, 2.05) is 11.4 Å². The van der Waals surface area contributed by atoms with E-state index in [2.05, 4.69) is 31.9 Å². The van der Waals surface area contributed by atoms with Crippen LogP contribution in [-0.4, -0.2) is 5.11 Å². The summed E-state index contributed by atoms with van der Waals surface area (Å²) in [6.45, 7) is 0. The molecule has 0 saturated heterocycles. The minimum atomic E-state index is -0.820. The molecule has 0 bridgehead atoms. The lowest BCUT2D eigenvalue weighted by Gasteiger charge is -2.12. The van der Waals surface area contributed by atoms with Gasteiger partial charge in [-0.2, -0.15) is 0 Å². The average molecular weight is 366 g/mol. The van der Waals surface area contributed by atoms with Crippen molar-refractivity contribution in [2.75, 3.05) is 0 Å². The highest BCUT2D eigenvalue weighted by atomic mass is 79.9. The summed E-state index contributed by atoms with van der Waals surface area (Å²) in [5.74, 6) is -0.357. The molecule has 2 rings (SSSR count). The molecule has 1 atom stereocenters. The van der Waals surface area contributed by atoms with Crippen LogP contribution in [0.1, 0.15) is 16.5 Å². The molecule has 0 aliphatic heterocycles. The number of thiophene rings is 1. The molecule has 0 aliphatic carbocycles. The highest BCUT2D eigenvalue weighted by Crippen LogP contribution is 2.36. The van der Waals surface area contributed by atoms with Gasteiger partial charge in [0.1, 0.15) is 11.9 Å². The molecule has 84 valence electrons. The second-order valence-electron chi connectivity index (χ2n) is 3.20. The number of rotatable bonds is 2. The monoisotopic (exact) mass is 364 g/mol. The van der Waals surface area contributed by atoms with Crippen LogP contribution in [0, 0.1) is 5.82 Å². The van der Waals surface area contributed by atoms with Gasteiger partial charge in [-0.1, -0.05) is 15.9 Å². The molecule has 0 radical (unpaired) electrons. The van der Waals surface area contributed by atoms with Crippen molar-refractivity contribution in [2.45, 2.75) is 6.10 Å². The first-order chi connectivity index (χ1) is 7.59. The summed E-state index contributed by atoms with van der Waals surface area (Å²) in [4.78, 5) is 0.770. The largest absolute Gasteiger partial charge is 0.383 e. The lowest BCUT2D eigenvalue weighted by molar-refractivity contribution is 0.222. The van der Waals surface area contributed by atoms with E-state index in [0.717, 1.165) is 9.35 Å². The predicted octanol–water partition coefficient (Wildman–Crippen LogP) is 4.49. The van der Waals surface area contributed by atoms with Crippen molar-refractivity contribution in [3.05, 3.63) is 54.8 Å². The third-order valence-electron chi connectivity index (χ3n) is 2.15. The smallest absolute Gasteiger partial charge is 0.123 e. The van der Waals surface area contributed by atoms with Crippen molar-refractivity contribution in [3.63, 3.8) is 0 Å². The van der Waals surface area contributed by atoms with Crippen LogP contribution in [0.3, 0.4) is 0 Å². The molecule has 0 aliphatic rings. The highest BCUT2D eigenvalue weighted by molar-refractivity contribution is 9.10. The van der Waals surface area contributed by atoms with Crippen molar-refractivity contribution >= 4 is 43.2 Å². The van der Waals surface area contributed by atoms with E-state index in [9.17, 15) is 9.50 Å². The zero-order valence-corrected chi connectivity index (χ0v) is 11.9. The first kappa shape index (κ1) is 12.2. The van der Waals surface area contributed by atoms with Gasteiger partial charge in [0.05, 0.1) is 4.88 Å². The average Bonchev–Trinajstić information content (AvgIpc) is 2.67. The quantitative estimate of drug-likeness (QED) is 0.831. The van der Waals surface area contributed by atoms with Crippen molar-refractivity contribution in [1.82, 2.24) is 0 Å². The number of hydrogen-bond acceptors (Lipinski definition) is 2. The summed E-state index contributed by atoms with van der Waals surface area (Å²) >= 11 is 8.08. The van der Waals surface area contributed by atoms with Crippen LogP contribution in [0.25, 0.3) is 0 Å². The highest BCUT2D eigenvalue weighted by Gasteiger charge is 2.18. The molecule has 5 heteroatoms. The Kier molecular flexibility index (Phi) is 3.79. The topological polar surface area (TPSA) is 20.2 Å². The van der Waals surface area contributed by atoms with Gasteiger partial charge in [0.25, 0.3) is 0 Å². The van der Waals surface area contributed by atoms with Gasteiger partial charge in [-0.25, -0.2) is 4.39 Å². The zero-order valence-electron chi connectivity index (χ0n) is 7.95. The second kappa shape index (κ2) is 4.96. The zero-order chi connectivity index (χ0) is 11.7. The van der Waals surface area contributed by atoms with E-state index in [1.165, 1.54) is 23.5 Å². The van der Waals surface area contributed by atoms with Crippen molar-refractivity contribution in [3.8, 4) is 0 Å². The fourth-order valence-corrected chi connectivity index (χ4v) is 3.42. The Morgan fingerprint density at radius 1 is 1.19 bits per heavy atom. The van der Waals surface area contributed by atoms with E-state index < -0.39 is 6.10 Å². The molecule has 1 heterocycles. The Morgan fingerprint density at radius 2 is 1.94 bits per heavy atom. The first-order valence-electron chi connectivity index (χ1n) is 4.45. The van der Waals surface area contributed by atoms with Crippen LogP contribution in [0.15, 0.2) is 38.6 Å². The van der Waals surface area contributed by atoms with Gasteiger partial charge in [0.15, 0.2) is 0 Å². The van der Waals surface area contributed by atoms with Crippen LogP contribution >= 0.6 is 43.2 Å². The van der Waals surface area contributed by atoms with E-state index in [4.69, 9.17) is 0 Å². The Hall–Kier alpha value is -0.230. The summed E-state index contributed by atoms with van der Waals surface area (Å²) in [5, 5.41) is 12.0. The normalized spacial score (nSPS) is 12.8. The molecule has 0 saturated carbocycles. The maximum atomic E-state index is 13.1. The third kappa shape index (κ3) is 2.37. The molecule has 16 heavy (non-hydrogen) atoms. The Morgan fingerprint density at radius 3 is 2.56 bits per heavy atom. The number of benzene rings is 1. The molecule has 1 N–H and O–H groups in total. The summed E-state index contributed by atoms with van der Waals surface area (Å²) in [7, 11) is 0. The Labute approximate surface area is 113 Å². The van der Waals surface area contributed by atoms with Crippen LogP contribution < -0.4 is 0 Å². The summed E-state index contributed by atoms with van der Waals surface area (Å²) in [6.07, 6.45) is -0.820. The molecular weight excluding hydrogens is 359 g/mol. The maximum absolute atomic E-state index is 13.1. The molecule has 1 aromatic heterocycles. The van der Waals surface area contributed by atoms with Gasteiger partial charge in [-0.3, -0.25) is 0 Å². The van der Waals surface area contributed by atoms with Crippen molar-refractivity contribution < 1.29 is 9.50 Å². The predicted molar refractivity (Wildman–Crippen MR) is 70.2 cm³/mol. The molecule has 1 unspecified atom stereocenters. The SMILES string of the molecule is OC(c1cc(F)ccc1Br)c1sccc1Br. The van der Waals surface area contributed by atoms with Crippen LogP contribution in [0.5, 0.6) is 0 Å². The van der Waals surface area contributed by atoms with Gasteiger partial charge in [0.2, 0.25) is 0 Å². The standard InChI is InChI=1S/C11H7Br2FOS/c12-8-2-1-6(14)5-7(8)10(15)11-9(13)3-4-16-11/h1-5,10,15H. The lowest BCUT2D eigenvalue weighted by Crippen LogP contribution is -1.99. The number of aliphatic hydroxyl groups is 1. The van der Waals surface area contributed by atoms with Crippen LogP contribution in [-0.2, 0) is 0 Å². The molecular formula is C11H7Br2FOS. The minimum absolute atomic E-state index is 0.357. The molecule has 0 fully saturated rings. The first-order valence-corrected chi connectivity index (χ1v) is 6.92. The molecule has 0 spiro atoms. The van der Waals surface area contributed by atoms with Gasteiger partial charge < -0.3 is 5.11 Å². The molecule has 1 aromatic carbocycles. The van der Waals surface area contributed by atoms with Crippen molar-refractivity contribution in [2.24, 2.45) is 0 Å². The fourth-order valence-electron chi connectivity index (χ4n) is 1.37. The second-order valence-corrected chi connectivity index (χ2v) is 5.86. The van der Waals surface area contributed by atoms with Gasteiger partial charge >= 0.3 is 0 Å². The Bertz CT molecular complexity index is 512.